The number of carboxylic acids is 1. The Morgan fingerprint density at radius 2 is 2.00 bits per heavy atom. The topological polar surface area (TPSA) is 75.6 Å². The first-order valence-corrected chi connectivity index (χ1v) is 5.41. The fourth-order valence-corrected chi connectivity index (χ4v) is 1.87. The fraction of sp³-hybridized carbons (Fsp3) is 0.333. The van der Waals surface area contributed by atoms with Crippen molar-refractivity contribution in [3.63, 3.8) is 0 Å². The molecule has 5 nitrogen and oxygen atoms in total. The van der Waals surface area contributed by atoms with Gasteiger partial charge < -0.3 is 9.84 Å². The molecule has 1 aromatic carbocycles. The van der Waals surface area contributed by atoms with Gasteiger partial charge in [0.1, 0.15) is 5.75 Å². The molecule has 90 valence electrons. The van der Waals surface area contributed by atoms with E-state index in [2.05, 4.69) is 5.32 Å². The zero-order chi connectivity index (χ0) is 12.3. The minimum absolute atomic E-state index is 0.258. The highest BCUT2D eigenvalue weighted by molar-refractivity contribution is 6.05. The van der Waals surface area contributed by atoms with Gasteiger partial charge in [-0.3, -0.25) is 5.32 Å². The number of ether oxygens (including phenoxy) is 1. The number of esters is 1. The molecule has 1 atom stereocenters. The smallest absolute Gasteiger partial charge is 0.343 e. The molecule has 5 heteroatoms. The number of carboxylic acid groups (broad SMARTS) is 1. The van der Waals surface area contributed by atoms with Gasteiger partial charge in [0.2, 0.25) is 5.54 Å². The lowest BCUT2D eigenvalue weighted by molar-refractivity contribution is -0.156. The maximum atomic E-state index is 11.9. The molecular formula is C12H13NO4. The van der Waals surface area contributed by atoms with Gasteiger partial charge in [0.25, 0.3) is 0 Å². The molecule has 1 saturated heterocycles. The molecule has 1 aliphatic heterocycles. The van der Waals surface area contributed by atoms with Gasteiger partial charge in [-0.2, -0.15) is 0 Å². The van der Waals surface area contributed by atoms with E-state index >= 15 is 0 Å². The Balaban J connectivity index is 2.16. The summed E-state index contributed by atoms with van der Waals surface area (Å²) in [5.74, 6) is -1.59. The predicted molar refractivity (Wildman–Crippen MR) is 59.7 cm³/mol. The van der Waals surface area contributed by atoms with Crippen molar-refractivity contribution >= 4 is 11.9 Å². The molecule has 2 rings (SSSR count). The summed E-state index contributed by atoms with van der Waals surface area (Å²) in [6.07, 6.45) is 0.907. The number of benzene rings is 1. The van der Waals surface area contributed by atoms with Crippen LogP contribution in [0.2, 0.25) is 0 Å². The van der Waals surface area contributed by atoms with Crippen LogP contribution in [0.5, 0.6) is 5.75 Å². The van der Waals surface area contributed by atoms with Crippen LogP contribution in [-0.4, -0.2) is 29.1 Å². The number of aliphatic carboxylic acids is 1. The molecule has 1 fully saturated rings. The van der Waals surface area contributed by atoms with Crippen LogP contribution in [0, 0.1) is 0 Å². The van der Waals surface area contributed by atoms with Crippen molar-refractivity contribution in [3.05, 3.63) is 30.3 Å². The van der Waals surface area contributed by atoms with Crippen LogP contribution in [0.4, 0.5) is 0 Å². The fourth-order valence-electron chi connectivity index (χ4n) is 1.87. The molecule has 2 N–H and O–H groups in total. The lowest BCUT2D eigenvalue weighted by atomic mass is 9.98. The first kappa shape index (κ1) is 11.6. The first-order chi connectivity index (χ1) is 8.15. The van der Waals surface area contributed by atoms with Crippen molar-refractivity contribution in [2.24, 2.45) is 0 Å². The average molecular weight is 235 g/mol. The van der Waals surface area contributed by atoms with Gasteiger partial charge in [0, 0.05) is 0 Å². The van der Waals surface area contributed by atoms with Crippen molar-refractivity contribution in [3.8, 4) is 5.75 Å². The van der Waals surface area contributed by atoms with E-state index in [-0.39, 0.29) is 6.42 Å². The Morgan fingerprint density at radius 1 is 1.29 bits per heavy atom. The number of carbonyl (C=O) groups is 2. The Hall–Kier alpha value is -1.88. The minimum Gasteiger partial charge on any atom is -0.479 e. The van der Waals surface area contributed by atoms with Crippen LogP contribution in [0.3, 0.4) is 0 Å². The van der Waals surface area contributed by atoms with Crippen LogP contribution in [0.15, 0.2) is 30.3 Å². The molecule has 17 heavy (non-hydrogen) atoms. The Kier molecular flexibility index (Phi) is 3.10. The zero-order valence-corrected chi connectivity index (χ0v) is 9.18. The summed E-state index contributed by atoms with van der Waals surface area (Å²) < 4.78 is 5.08. The van der Waals surface area contributed by atoms with Crippen LogP contribution in [0.25, 0.3) is 0 Å². The Morgan fingerprint density at radius 3 is 2.53 bits per heavy atom. The monoisotopic (exact) mass is 235 g/mol. The SMILES string of the molecule is O=C(O)C1(C(=O)Oc2ccccc2)CCCN1. The van der Waals surface area contributed by atoms with E-state index < -0.39 is 17.5 Å². The van der Waals surface area contributed by atoms with Gasteiger partial charge in [0.05, 0.1) is 0 Å². The molecule has 0 saturated carbocycles. The maximum absolute atomic E-state index is 11.9. The van der Waals surface area contributed by atoms with Crippen molar-refractivity contribution in [1.82, 2.24) is 5.32 Å². The van der Waals surface area contributed by atoms with Crippen molar-refractivity contribution in [2.75, 3.05) is 6.54 Å². The van der Waals surface area contributed by atoms with E-state index in [0.717, 1.165) is 0 Å². The molecule has 1 aliphatic rings. The normalized spacial score (nSPS) is 23.3. The lowest BCUT2D eigenvalue weighted by Gasteiger charge is -2.21. The summed E-state index contributed by atoms with van der Waals surface area (Å²) in [5, 5.41) is 11.9. The van der Waals surface area contributed by atoms with Crippen LogP contribution < -0.4 is 10.1 Å². The van der Waals surface area contributed by atoms with Crippen molar-refractivity contribution in [2.45, 2.75) is 18.4 Å². The summed E-state index contributed by atoms with van der Waals surface area (Å²) in [6, 6.07) is 8.46. The minimum atomic E-state index is -1.59. The molecule has 1 aromatic rings. The highest BCUT2D eigenvalue weighted by Gasteiger charge is 2.50. The summed E-state index contributed by atoms with van der Waals surface area (Å²) in [6.45, 7) is 0.510. The predicted octanol–water partition coefficient (Wildman–Crippen LogP) is 0.799. The number of hydrogen-bond donors (Lipinski definition) is 2. The number of rotatable bonds is 3. The first-order valence-electron chi connectivity index (χ1n) is 5.41. The van der Waals surface area contributed by atoms with Crippen molar-refractivity contribution < 1.29 is 19.4 Å². The largest absolute Gasteiger partial charge is 0.479 e. The standard InChI is InChI=1S/C12H13NO4/c14-10(15)12(7-4-8-13-12)11(16)17-9-5-2-1-3-6-9/h1-3,5-6,13H,4,7-8H2,(H,14,15). The van der Waals surface area contributed by atoms with E-state index in [0.29, 0.717) is 18.7 Å². The third-order valence-corrected chi connectivity index (χ3v) is 2.82. The van der Waals surface area contributed by atoms with E-state index in [1.54, 1.807) is 30.3 Å². The lowest BCUT2D eigenvalue weighted by Crippen LogP contribution is -2.56. The third kappa shape index (κ3) is 2.14. The quantitative estimate of drug-likeness (QED) is 0.460. The highest BCUT2D eigenvalue weighted by atomic mass is 16.5. The molecular weight excluding hydrogens is 222 g/mol. The van der Waals surface area contributed by atoms with E-state index in [9.17, 15) is 9.59 Å². The number of nitrogens with one attached hydrogen (secondary N) is 1. The highest BCUT2D eigenvalue weighted by Crippen LogP contribution is 2.23. The maximum Gasteiger partial charge on any atom is 0.343 e. The second-order valence-corrected chi connectivity index (χ2v) is 3.94. The van der Waals surface area contributed by atoms with Crippen LogP contribution >= 0.6 is 0 Å². The van der Waals surface area contributed by atoms with Gasteiger partial charge in [-0.25, -0.2) is 9.59 Å². The number of para-hydroxylation sites is 1. The number of hydrogen-bond acceptors (Lipinski definition) is 4. The average Bonchev–Trinajstić information content (AvgIpc) is 2.80. The molecule has 0 radical (unpaired) electrons. The Bertz CT molecular complexity index is 423. The van der Waals surface area contributed by atoms with Gasteiger partial charge in [-0.1, -0.05) is 18.2 Å². The third-order valence-electron chi connectivity index (χ3n) is 2.82. The molecule has 1 unspecified atom stereocenters. The summed E-state index contributed by atoms with van der Waals surface area (Å²) >= 11 is 0. The molecule has 0 bridgehead atoms. The Labute approximate surface area is 98.4 Å². The number of carbonyl (C=O) groups excluding carboxylic acids is 1. The van der Waals surface area contributed by atoms with E-state index in [4.69, 9.17) is 9.84 Å². The van der Waals surface area contributed by atoms with Gasteiger partial charge >= 0.3 is 11.9 Å². The van der Waals surface area contributed by atoms with Crippen LogP contribution in [0.1, 0.15) is 12.8 Å². The van der Waals surface area contributed by atoms with E-state index in [1.165, 1.54) is 0 Å². The molecule has 0 aliphatic carbocycles. The zero-order valence-electron chi connectivity index (χ0n) is 9.18. The van der Waals surface area contributed by atoms with Crippen LogP contribution in [-0.2, 0) is 9.59 Å². The second kappa shape index (κ2) is 4.55. The summed E-state index contributed by atoms with van der Waals surface area (Å²) in [5.41, 5.74) is -1.59. The van der Waals surface area contributed by atoms with Gasteiger partial charge in [-0.05, 0) is 31.5 Å². The molecule has 0 aromatic heterocycles. The van der Waals surface area contributed by atoms with Gasteiger partial charge in [-0.15, -0.1) is 0 Å². The summed E-state index contributed by atoms with van der Waals surface area (Å²) in [4.78, 5) is 23.1. The second-order valence-electron chi connectivity index (χ2n) is 3.94. The molecule has 0 spiro atoms. The molecule has 1 heterocycles. The molecule has 0 amide bonds. The summed E-state index contributed by atoms with van der Waals surface area (Å²) in [7, 11) is 0. The van der Waals surface area contributed by atoms with E-state index in [1.807, 2.05) is 0 Å². The van der Waals surface area contributed by atoms with Crippen molar-refractivity contribution in [1.29, 1.82) is 0 Å². The van der Waals surface area contributed by atoms with Gasteiger partial charge in [0.15, 0.2) is 0 Å².